The number of hydrogen-bond donors (Lipinski definition) is 0. The van der Waals surface area contributed by atoms with E-state index in [4.69, 9.17) is 4.52 Å². The number of hydrogen-bond acceptors (Lipinski definition) is 7. The minimum absolute atomic E-state index is 0.161. The lowest BCUT2D eigenvalue weighted by Crippen LogP contribution is -2.32. The molecule has 1 aliphatic rings. The maximum Gasteiger partial charge on any atom is 0.277 e. The number of halogens is 2. The Hall–Kier alpha value is -4.12. The van der Waals surface area contributed by atoms with Crippen LogP contribution in [0.5, 0.6) is 0 Å². The number of rotatable bonds is 16. The molecule has 0 fully saturated rings. The summed E-state index contributed by atoms with van der Waals surface area (Å²) in [6.07, 6.45) is 3.07. The first-order valence-corrected chi connectivity index (χ1v) is 18.4. The molecule has 0 saturated carbocycles. The topological polar surface area (TPSA) is 67.4 Å². The number of fused-ring (bicyclic) bond motifs is 1. The molecule has 0 aliphatic heterocycles. The van der Waals surface area contributed by atoms with Crippen molar-refractivity contribution in [1.29, 1.82) is 0 Å². The lowest BCUT2D eigenvalue weighted by Gasteiger charge is -2.22. The van der Waals surface area contributed by atoms with Gasteiger partial charge in [-0.25, -0.2) is 8.78 Å². The Balaban J connectivity index is 1.30. The molecular weight excluding hydrogens is 653 g/mol. The first kappa shape index (κ1) is 35.7. The first-order valence-electron chi connectivity index (χ1n) is 17.5. The van der Waals surface area contributed by atoms with Crippen LogP contribution >= 0.6 is 11.8 Å². The number of nitrogens with zero attached hydrogens (tertiary/aromatic N) is 5. The predicted octanol–water partition coefficient (Wildman–Crippen LogP) is 7.70. The molecule has 2 heterocycles. The molecule has 6 rings (SSSR count). The third kappa shape index (κ3) is 8.60. The quantitative estimate of drug-likeness (QED) is 0.0774. The molecule has 3 aromatic carbocycles. The van der Waals surface area contributed by atoms with E-state index < -0.39 is 6.67 Å². The molecule has 0 bridgehead atoms. The van der Waals surface area contributed by atoms with Gasteiger partial charge in [-0.2, -0.15) is 4.98 Å². The van der Waals surface area contributed by atoms with E-state index in [0.717, 1.165) is 96.0 Å². The van der Waals surface area contributed by atoms with Crippen molar-refractivity contribution in [2.24, 2.45) is 0 Å². The largest absolute Gasteiger partial charge is 0.359 e. The fourth-order valence-corrected chi connectivity index (χ4v) is 7.52. The fourth-order valence-electron chi connectivity index (χ4n) is 6.55. The van der Waals surface area contributed by atoms with Crippen LogP contribution in [0.4, 0.5) is 8.78 Å². The molecule has 262 valence electrons. The summed E-state index contributed by atoms with van der Waals surface area (Å²) in [6.45, 7) is 8.84. The molecule has 0 amide bonds. The second-order valence-corrected chi connectivity index (χ2v) is 13.9. The molecule has 0 unspecified atom stereocenters. The van der Waals surface area contributed by atoms with Crippen molar-refractivity contribution in [2.75, 3.05) is 33.2 Å². The lowest BCUT2D eigenvalue weighted by atomic mass is 9.98. The molecule has 1 aliphatic carbocycles. The van der Waals surface area contributed by atoms with Crippen LogP contribution in [0, 0.1) is 5.82 Å². The molecule has 0 N–H and O–H groups in total. The molecule has 0 spiro atoms. The minimum Gasteiger partial charge on any atom is -0.359 e. The van der Waals surface area contributed by atoms with Gasteiger partial charge in [0.15, 0.2) is 10.9 Å². The van der Waals surface area contributed by atoms with Crippen molar-refractivity contribution < 1.29 is 13.3 Å². The van der Waals surface area contributed by atoms with E-state index in [1.165, 1.54) is 23.9 Å². The molecule has 2 aromatic heterocycles. The molecular formula is C40H45F2N5O2S. The highest BCUT2D eigenvalue weighted by atomic mass is 32.2. The Kier molecular flexibility index (Phi) is 11.9. The van der Waals surface area contributed by atoms with Crippen LogP contribution in [-0.2, 0) is 44.8 Å². The highest BCUT2D eigenvalue weighted by molar-refractivity contribution is 7.98. The van der Waals surface area contributed by atoms with Crippen LogP contribution in [0.1, 0.15) is 65.2 Å². The SMILES string of the molecule is CCN(CC)CCN(C)Cc1onc(Cn2c(SCc3ccc(F)cc3)nc(=O)c3c2CCC3)c1Cc1ccc(-c2ccc(CF)cc2)cc1. The van der Waals surface area contributed by atoms with E-state index in [-0.39, 0.29) is 11.4 Å². The monoisotopic (exact) mass is 697 g/mol. The number of alkyl halides is 1. The molecule has 0 saturated heterocycles. The van der Waals surface area contributed by atoms with Gasteiger partial charge in [0.1, 0.15) is 18.2 Å². The van der Waals surface area contributed by atoms with Crippen LogP contribution in [-0.4, -0.2) is 57.7 Å². The van der Waals surface area contributed by atoms with Gasteiger partial charge in [-0.05, 0) is 79.3 Å². The maximum absolute atomic E-state index is 13.6. The van der Waals surface area contributed by atoms with Gasteiger partial charge in [-0.1, -0.05) is 91.4 Å². The van der Waals surface area contributed by atoms with Crippen molar-refractivity contribution in [1.82, 2.24) is 24.5 Å². The van der Waals surface area contributed by atoms with Gasteiger partial charge in [-0.15, -0.1) is 0 Å². The highest BCUT2D eigenvalue weighted by Gasteiger charge is 2.25. The standard InChI is InChI=1S/C40H45F2N5O2S/c1-4-46(5-2)22-21-45(3)26-38-35(23-28-9-15-31(16-10-28)32-17-11-29(24-41)12-18-32)36(44-49-38)25-47-37-8-6-7-34(37)39(48)43-40(47)50-27-30-13-19-33(42)20-14-30/h9-20H,4-8,21-27H2,1-3H3. The normalized spacial score (nSPS) is 12.7. The molecule has 0 atom stereocenters. The van der Waals surface area contributed by atoms with E-state index in [2.05, 4.69) is 69.7 Å². The van der Waals surface area contributed by atoms with Gasteiger partial charge in [0.25, 0.3) is 5.56 Å². The second kappa shape index (κ2) is 16.7. The summed E-state index contributed by atoms with van der Waals surface area (Å²) in [6, 6.07) is 22.5. The van der Waals surface area contributed by atoms with Gasteiger partial charge in [0.2, 0.25) is 0 Å². The van der Waals surface area contributed by atoms with Gasteiger partial charge in [0, 0.05) is 42.1 Å². The summed E-state index contributed by atoms with van der Waals surface area (Å²) in [4.78, 5) is 22.3. The number of benzene rings is 3. The molecule has 10 heteroatoms. The molecule has 7 nitrogen and oxygen atoms in total. The minimum atomic E-state index is -0.472. The van der Waals surface area contributed by atoms with Gasteiger partial charge >= 0.3 is 0 Å². The average molecular weight is 698 g/mol. The Morgan fingerprint density at radius 2 is 1.54 bits per heavy atom. The van der Waals surface area contributed by atoms with E-state index in [0.29, 0.717) is 36.0 Å². The van der Waals surface area contributed by atoms with Crippen LogP contribution in [0.2, 0.25) is 0 Å². The van der Waals surface area contributed by atoms with Crippen LogP contribution in [0.3, 0.4) is 0 Å². The Labute approximate surface area is 297 Å². The van der Waals surface area contributed by atoms with E-state index in [9.17, 15) is 13.6 Å². The summed E-state index contributed by atoms with van der Waals surface area (Å²) in [5, 5.41) is 5.30. The summed E-state index contributed by atoms with van der Waals surface area (Å²) in [5.74, 6) is 1.11. The van der Waals surface area contributed by atoms with Crippen LogP contribution < -0.4 is 5.56 Å². The van der Waals surface area contributed by atoms with Crippen LogP contribution in [0.25, 0.3) is 11.1 Å². The third-order valence-electron chi connectivity index (χ3n) is 9.62. The molecule has 50 heavy (non-hydrogen) atoms. The summed E-state index contributed by atoms with van der Waals surface area (Å²) in [7, 11) is 2.11. The van der Waals surface area contributed by atoms with Crippen molar-refractivity contribution in [3.63, 3.8) is 0 Å². The average Bonchev–Trinajstić information content (AvgIpc) is 3.78. The zero-order chi connectivity index (χ0) is 35.0. The third-order valence-corrected chi connectivity index (χ3v) is 10.7. The van der Waals surface area contributed by atoms with Crippen molar-refractivity contribution >= 4 is 11.8 Å². The van der Waals surface area contributed by atoms with Crippen molar-refractivity contribution in [3.8, 4) is 11.1 Å². The zero-order valence-electron chi connectivity index (χ0n) is 29.1. The second-order valence-electron chi connectivity index (χ2n) is 13.0. The summed E-state index contributed by atoms with van der Waals surface area (Å²) in [5.41, 5.74) is 8.36. The van der Waals surface area contributed by atoms with E-state index >= 15 is 0 Å². The first-order chi connectivity index (χ1) is 24.3. The molecule has 5 aromatic rings. The summed E-state index contributed by atoms with van der Waals surface area (Å²) < 4.78 is 34.9. The van der Waals surface area contributed by atoms with Gasteiger partial charge in [-0.3, -0.25) is 9.69 Å². The smallest absolute Gasteiger partial charge is 0.277 e. The Morgan fingerprint density at radius 3 is 2.20 bits per heavy atom. The predicted molar refractivity (Wildman–Crippen MR) is 196 cm³/mol. The van der Waals surface area contributed by atoms with Crippen LogP contribution in [0.15, 0.2) is 87.3 Å². The Morgan fingerprint density at radius 1 is 0.880 bits per heavy atom. The number of likely N-dealkylation sites (N-methyl/N-ethyl adjacent to an activating group) is 2. The number of thioether (sulfide) groups is 1. The maximum atomic E-state index is 13.6. The van der Waals surface area contributed by atoms with E-state index in [1.807, 2.05) is 24.3 Å². The van der Waals surface area contributed by atoms with Gasteiger partial charge in [0.05, 0.1) is 13.1 Å². The van der Waals surface area contributed by atoms with Gasteiger partial charge < -0.3 is 14.0 Å². The number of aromatic nitrogens is 3. The lowest BCUT2D eigenvalue weighted by molar-refractivity contribution is 0.219. The summed E-state index contributed by atoms with van der Waals surface area (Å²) >= 11 is 1.49. The Bertz CT molecular complexity index is 1920. The zero-order valence-corrected chi connectivity index (χ0v) is 29.9. The van der Waals surface area contributed by atoms with Crippen molar-refractivity contribution in [2.45, 2.75) is 70.2 Å². The van der Waals surface area contributed by atoms with Crippen molar-refractivity contribution in [3.05, 3.63) is 134 Å². The molecule has 0 radical (unpaired) electrons. The fraction of sp³-hybridized carbons (Fsp3) is 0.375. The van der Waals surface area contributed by atoms with E-state index in [1.54, 1.807) is 12.1 Å². The highest BCUT2D eigenvalue weighted by Crippen LogP contribution is 2.30.